The van der Waals surface area contributed by atoms with Crippen LogP contribution in [-0.2, 0) is 15.7 Å². The largest absolute Gasteiger partial charge is 0.469 e. The zero-order chi connectivity index (χ0) is 27.7. The smallest absolute Gasteiger partial charge is 0.416 e. The van der Waals surface area contributed by atoms with Crippen molar-refractivity contribution in [1.82, 2.24) is 4.90 Å². The van der Waals surface area contributed by atoms with E-state index in [0.717, 1.165) is 17.8 Å². The standard InChI is InChI=1S/C28H25ClF4N4O2/c1-39-25(38)17-24-22-9-4-10-23(30)26(22)34-27(37(24)21-8-2-5-18(15-21)28(31,32)33)36-13-11-35(12-14-36)20-7-3-6-19(29)16-20/h2-10,15-16,24H,11-14,17H2,1H3. The number of anilines is 2. The molecule has 0 amide bonds. The van der Waals surface area contributed by atoms with Gasteiger partial charge in [0.25, 0.3) is 0 Å². The highest BCUT2D eigenvalue weighted by Crippen LogP contribution is 2.43. The summed E-state index contributed by atoms with van der Waals surface area (Å²) in [6.07, 6.45) is -4.79. The Morgan fingerprint density at radius 3 is 2.33 bits per heavy atom. The number of aliphatic imine (C=N–C) groups is 1. The summed E-state index contributed by atoms with van der Waals surface area (Å²) in [5.41, 5.74) is 0.736. The molecule has 2 aliphatic heterocycles. The van der Waals surface area contributed by atoms with E-state index in [2.05, 4.69) is 9.89 Å². The van der Waals surface area contributed by atoms with Gasteiger partial charge in [-0.05, 0) is 42.5 Å². The van der Waals surface area contributed by atoms with Crippen molar-refractivity contribution < 1.29 is 27.1 Å². The maximum Gasteiger partial charge on any atom is 0.416 e. The van der Waals surface area contributed by atoms with Crippen molar-refractivity contribution in [3.05, 3.63) is 88.7 Å². The van der Waals surface area contributed by atoms with Crippen molar-refractivity contribution in [3.8, 4) is 0 Å². The first-order valence-corrected chi connectivity index (χ1v) is 12.7. The van der Waals surface area contributed by atoms with Crippen LogP contribution in [0.25, 0.3) is 0 Å². The zero-order valence-electron chi connectivity index (χ0n) is 21.0. The van der Waals surface area contributed by atoms with Crippen LogP contribution in [0, 0.1) is 5.82 Å². The average molecular weight is 561 g/mol. The lowest BCUT2D eigenvalue weighted by molar-refractivity contribution is -0.141. The van der Waals surface area contributed by atoms with Crippen molar-refractivity contribution in [2.75, 3.05) is 43.1 Å². The molecule has 11 heteroatoms. The second-order valence-electron chi connectivity index (χ2n) is 9.26. The predicted molar refractivity (Wildman–Crippen MR) is 142 cm³/mol. The van der Waals surface area contributed by atoms with E-state index in [0.29, 0.717) is 36.8 Å². The Bertz CT molecular complexity index is 1410. The molecular weight excluding hydrogens is 536 g/mol. The van der Waals surface area contributed by atoms with Crippen molar-refractivity contribution in [3.63, 3.8) is 0 Å². The number of esters is 1. The van der Waals surface area contributed by atoms with E-state index in [1.54, 1.807) is 17.0 Å². The third-order valence-electron chi connectivity index (χ3n) is 6.89. The first-order chi connectivity index (χ1) is 18.7. The van der Waals surface area contributed by atoms with Gasteiger partial charge in [0, 0.05) is 48.1 Å². The number of nitrogens with zero attached hydrogens (tertiary/aromatic N) is 4. The van der Waals surface area contributed by atoms with E-state index in [9.17, 15) is 18.0 Å². The highest BCUT2D eigenvalue weighted by molar-refractivity contribution is 6.30. The van der Waals surface area contributed by atoms with Crippen LogP contribution in [0.15, 0.2) is 71.7 Å². The highest BCUT2D eigenvalue weighted by Gasteiger charge is 2.39. The van der Waals surface area contributed by atoms with Crippen LogP contribution in [0.2, 0.25) is 5.02 Å². The van der Waals surface area contributed by atoms with Crippen LogP contribution in [0.4, 0.5) is 34.6 Å². The summed E-state index contributed by atoms with van der Waals surface area (Å²) in [4.78, 5) is 22.8. The molecule has 204 valence electrons. The Balaban J connectivity index is 1.57. The van der Waals surface area contributed by atoms with Crippen LogP contribution >= 0.6 is 11.6 Å². The number of fused-ring (bicyclic) bond motifs is 1. The molecular formula is C28H25ClF4N4O2. The Labute approximate surface area is 228 Å². The van der Waals surface area contributed by atoms with Crippen molar-refractivity contribution in [2.24, 2.45) is 4.99 Å². The van der Waals surface area contributed by atoms with Gasteiger partial charge < -0.3 is 19.4 Å². The van der Waals surface area contributed by atoms with Crippen LogP contribution in [0.3, 0.4) is 0 Å². The SMILES string of the molecule is COC(=O)CC1c2cccc(F)c2N=C(N2CCN(c3cccc(Cl)c3)CC2)N1c1cccc(C(F)(F)F)c1. The number of piperazine rings is 1. The molecule has 5 rings (SSSR count). The van der Waals surface area contributed by atoms with E-state index < -0.39 is 29.6 Å². The maximum absolute atomic E-state index is 15.0. The third kappa shape index (κ3) is 5.52. The summed E-state index contributed by atoms with van der Waals surface area (Å²) in [6, 6.07) is 15.9. The number of hydrogen-bond donors (Lipinski definition) is 0. The van der Waals surface area contributed by atoms with Crippen LogP contribution < -0.4 is 9.80 Å². The number of halogens is 5. The molecule has 1 atom stereocenters. The summed E-state index contributed by atoms with van der Waals surface area (Å²) >= 11 is 6.16. The molecule has 0 aliphatic carbocycles. The van der Waals surface area contributed by atoms with E-state index in [-0.39, 0.29) is 23.8 Å². The molecule has 0 radical (unpaired) electrons. The number of carbonyl (C=O) groups excluding carboxylic acids is 1. The fraction of sp³-hybridized carbons (Fsp3) is 0.286. The summed E-state index contributed by atoms with van der Waals surface area (Å²) in [5.74, 6) is -0.896. The number of alkyl halides is 3. The van der Waals surface area contributed by atoms with E-state index in [4.69, 9.17) is 16.3 Å². The Hall–Kier alpha value is -3.79. The van der Waals surface area contributed by atoms with Crippen molar-refractivity contribution in [2.45, 2.75) is 18.6 Å². The summed E-state index contributed by atoms with van der Waals surface area (Å²) in [6.45, 7) is 2.05. The topological polar surface area (TPSA) is 48.4 Å². The zero-order valence-corrected chi connectivity index (χ0v) is 21.7. The lowest BCUT2D eigenvalue weighted by Gasteiger charge is -2.45. The van der Waals surface area contributed by atoms with Gasteiger partial charge in [0.1, 0.15) is 11.5 Å². The third-order valence-corrected chi connectivity index (χ3v) is 7.13. The minimum Gasteiger partial charge on any atom is -0.469 e. The molecule has 2 aliphatic rings. The Morgan fingerprint density at radius 1 is 0.974 bits per heavy atom. The normalized spacial score (nSPS) is 17.5. The molecule has 1 fully saturated rings. The Kier molecular flexibility index (Phi) is 7.40. The predicted octanol–water partition coefficient (Wildman–Crippen LogP) is 6.43. The lowest BCUT2D eigenvalue weighted by Crippen LogP contribution is -2.55. The molecule has 3 aromatic carbocycles. The molecule has 1 unspecified atom stereocenters. The number of guanidine groups is 1. The summed E-state index contributed by atoms with van der Waals surface area (Å²) in [5, 5.41) is 0.611. The van der Waals surface area contributed by atoms with Gasteiger partial charge >= 0.3 is 12.1 Å². The molecule has 6 nitrogen and oxygen atoms in total. The first-order valence-electron chi connectivity index (χ1n) is 12.3. The number of carbonyl (C=O) groups is 1. The Morgan fingerprint density at radius 2 is 1.64 bits per heavy atom. The van der Waals surface area contributed by atoms with Crippen molar-refractivity contribution in [1.29, 1.82) is 0 Å². The van der Waals surface area contributed by atoms with Gasteiger partial charge in [-0.1, -0.05) is 35.9 Å². The van der Waals surface area contributed by atoms with Crippen LogP contribution in [0.1, 0.15) is 23.6 Å². The molecule has 39 heavy (non-hydrogen) atoms. The first kappa shape index (κ1) is 26.8. The molecule has 0 N–H and O–H groups in total. The molecule has 0 spiro atoms. The summed E-state index contributed by atoms with van der Waals surface area (Å²) in [7, 11) is 1.23. The number of hydrogen-bond acceptors (Lipinski definition) is 6. The van der Waals surface area contributed by atoms with Gasteiger partial charge in [-0.25, -0.2) is 9.38 Å². The van der Waals surface area contributed by atoms with Gasteiger partial charge in [-0.2, -0.15) is 13.2 Å². The second-order valence-corrected chi connectivity index (χ2v) is 9.69. The number of benzene rings is 3. The molecule has 0 saturated carbocycles. The number of para-hydroxylation sites is 1. The monoisotopic (exact) mass is 560 g/mol. The van der Waals surface area contributed by atoms with Gasteiger partial charge in [-0.3, -0.25) is 4.79 Å². The quantitative estimate of drug-likeness (QED) is 0.272. The van der Waals surface area contributed by atoms with Gasteiger partial charge in [0.05, 0.1) is 25.1 Å². The molecule has 3 aromatic rings. The maximum atomic E-state index is 15.0. The summed E-state index contributed by atoms with van der Waals surface area (Å²) < 4.78 is 61.0. The average Bonchev–Trinajstić information content (AvgIpc) is 2.93. The number of rotatable bonds is 4. The molecule has 0 bridgehead atoms. The number of methoxy groups -OCH3 is 1. The number of ether oxygens (including phenoxy) is 1. The van der Waals surface area contributed by atoms with Gasteiger partial charge in [0.2, 0.25) is 5.96 Å². The highest BCUT2D eigenvalue weighted by atomic mass is 35.5. The molecule has 0 aromatic heterocycles. The van der Waals surface area contributed by atoms with E-state index in [1.165, 1.54) is 31.4 Å². The van der Waals surface area contributed by atoms with Gasteiger partial charge in [-0.15, -0.1) is 0 Å². The van der Waals surface area contributed by atoms with Crippen molar-refractivity contribution >= 4 is 40.6 Å². The van der Waals surface area contributed by atoms with E-state index >= 15 is 4.39 Å². The minimum atomic E-state index is -4.58. The van der Waals surface area contributed by atoms with E-state index in [1.807, 2.05) is 23.1 Å². The van der Waals surface area contributed by atoms with Crippen LogP contribution in [-0.4, -0.2) is 50.1 Å². The second kappa shape index (κ2) is 10.8. The minimum absolute atomic E-state index is 0.0573. The molecule has 2 heterocycles. The fourth-order valence-corrected chi connectivity index (χ4v) is 5.17. The van der Waals surface area contributed by atoms with Crippen LogP contribution in [0.5, 0.6) is 0 Å². The fourth-order valence-electron chi connectivity index (χ4n) is 4.98. The lowest BCUT2D eigenvalue weighted by atomic mass is 9.97. The molecule has 1 saturated heterocycles. The van der Waals surface area contributed by atoms with Gasteiger partial charge in [0.15, 0.2) is 0 Å².